The number of halogens is 1. The third-order valence-electron chi connectivity index (χ3n) is 3.15. The molecule has 1 atom stereocenters. The number of aliphatic hydroxyl groups excluding tert-OH is 1. The van der Waals surface area contributed by atoms with Crippen molar-refractivity contribution in [3.05, 3.63) is 34.6 Å². The van der Waals surface area contributed by atoms with Gasteiger partial charge in [-0.05, 0) is 51.8 Å². The molecule has 0 bridgehead atoms. The van der Waals surface area contributed by atoms with E-state index in [0.29, 0.717) is 5.06 Å². The second-order valence-corrected chi connectivity index (χ2v) is 6.14. The van der Waals surface area contributed by atoms with Gasteiger partial charge in [-0.2, -0.15) is 10.3 Å². The Morgan fingerprint density at radius 2 is 2.09 bits per heavy atom. The van der Waals surface area contributed by atoms with Crippen LogP contribution in [0, 0.1) is 24.1 Å². The third kappa shape index (κ3) is 4.91. The normalized spacial score (nSPS) is 12.4. The van der Waals surface area contributed by atoms with Crippen LogP contribution in [0.1, 0.15) is 49.9 Å². The van der Waals surface area contributed by atoms with Crippen molar-refractivity contribution in [2.45, 2.75) is 45.8 Å². The molecule has 0 radical (unpaired) electrons. The quantitative estimate of drug-likeness (QED) is 0.656. The molecule has 0 aliphatic carbocycles. The number of hydrogen-bond acceptors (Lipinski definition) is 5. The van der Waals surface area contributed by atoms with E-state index in [1.54, 1.807) is 20.8 Å². The molecule has 0 saturated carbocycles. The molecule has 7 heteroatoms. The summed E-state index contributed by atoms with van der Waals surface area (Å²) >= 11 is 0. The summed E-state index contributed by atoms with van der Waals surface area (Å²) in [6, 6.07) is 3.34. The van der Waals surface area contributed by atoms with Gasteiger partial charge in [0.1, 0.15) is 11.4 Å². The van der Waals surface area contributed by atoms with Crippen molar-refractivity contribution < 1.29 is 24.2 Å². The predicted octanol–water partition coefficient (Wildman–Crippen LogP) is 3.06. The molecule has 0 heterocycles. The van der Waals surface area contributed by atoms with E-state index in [4.69, 9.17) is 15.1 Å². The second-order valence-electron chi connectivity index (χ2n) is 6.14. The van der Waals surface area contributed by atoms with Crippen LogP contribution < -0.4 is 0 Å². The van der Waals surface area contributed by atoms with E-state index < -0.39 is 23.6 Å². The number of hydrogen-bond donors (Lipinski definition) is 2. The molecule has 0 spiro atoms. The van der Waals surface area contributed by atoms with Gasteiger partial charge in [-0.25, -0.2) is 9.18 Å². The molecule has 0 saturated heterocycles. The summed E-state index contributed by atoms with van der Waals surface area (Å²) < 4.78 is 19.0. The van der Waals surface area contributed by atoms with E-state index >= 15 is 0 Å². The van der Waals surface area contributed by atoms with E-state index in [1.807, 2.05) is 6.07 Å². The minimum atomic E-state index is -1.03. The van der Waals surface area contributed by atoms with Crippen molar-refractivity contribution in [3.8, 4) is 6.07 Å². The Hall–Kier alpha value is -2.17. The molecule has 0 aromatic heterocycles. The zero-order valence-electron chi connectivity index (χ0n) is 13.6. The molecule has 6 nitrogen and oxygen atoms in total. The van der Waals surface area contributed by atoms with Crippen LogP contribution in [0.2, 0.25) is 0 Å². The van der Waals surface area contributed by atoms with Crippen LogP contribution in [0.3, 0.4) is 0 Å². The standard InChI is InChI=1S/C16H21FN2O4/c1-10-12(9-18)7-11(8-13(10)17)14(5-6-20)19(22)15(21)23-16(2,3)4/h7-8,14,20,22H,5-6H2,1-4H3/t14-/m0/s1. The summed E-state index contributed by atoms with van der Waals surface area (Å²) in [6.07, 6.45) is -1.06. The van der Waals surface area contributed by atoms with E-state index in [0.717, 1.165) is 6.07 Å². The lowest BCUT2D eigenvalue weighted by atomic mass is 9.98. The molecule has 1 aromatic carbocycles. The summed E-state index contributed by atoms with van der Waals surface area (Å²) in [5.41, 5.74) is -0.341. The van der Waals surface area contributed by atoms with Crippen LogP contribution in [-0.4, -0.2) is 33.7 Å². The van der Waals surface area contributed by atoms with Crippen LogP contribution in [0.5, 0.6) is 0 Å². The molecule has 0 unspecified atom stereocenters. The van der Waals surface area contributed by atoms with Gasteiger partial charge in [0, 0.05) is 12.2 Å². The smallest absolute Gasteiger partial charge is 0.434 e. The van der Waals surface area contributed by atoms with Gasteiger partial charge in [0.15, 0.2) is 0 Å². The number of hydroxylamine groups is 2. The van der Waals surface area contributed by atoms with Crippen molar-refractivity contribution >= 4 is 6.09 Å². The SMILES string of the molecule is Cc1c(F)cc([C@H](CCO)N(O)C(=O)OC(C)(C)C)cc1C#N. The maximum absolute atomic E-state index is 13.9. The number of carbonyl (C=O) groups is 1. The Bertz CT molecular complexity index is 620. The van der Waals surface area contributed by atoms with Gasteiger partial charge in [-0.3, -0.25) is 5.21 Å². The van der Waals surface area contributed by atoms with Crippen LogP contribution in [0.25, 0.3) is 0 Å². The van der Waals surface area contributed by atoms with Crippen molar-refractivity contribution in [1.29, 1.82) is 5.26 Å². The lowest BCUT2D eigenvalue weighted by molar-refractivity contribution is -0.125. The fraction of sp³-hybridized carbons (Fsp3) is 0.500. The van der Waals surface area contributed by atoms with Crippen molar-refractivity contribution in [2.75, 3.05) is 6.61 Å². The molecule has 126 valence electrons. The van der Waals surface area contributed by atoms with Gasteiger partial charge >= 0.3 is 6.09 Å². The highest BCUT2D eigenvalue weighted by atomic mass is 19.1. The Morgan fingerprint density at radius 1 is 1.48 bits per heavy atom. The molecular formula is C16H21FN2O4. The van der Waals surface area contributed by atoms with Gasteiger partial charge in [0.05, 0.1) is 17.7 Å². The summed E-state index contributed by atoms with van der Waals surface area (Å²) in [6.45, 7) is 6.03. The average Bonchev–Trinajstić information content (AvgIpc) is 2.45. The fourth-order valence-corrected chi connectivity index (χ4v) is 2.00. The topological polar surface area (TPSA) is 93.8 Å². The lowest BCUT2D eigenvalue weighted by Crippen LogP contribution is -2.37. The first-order valence-electron chi connectivity index (χ1n) is 7.12. The van der Waals surface area contributed by atoms with Crippen LogP contribution in [0.4, 0.5) is 9.18 Å². The zero-order chi connectivity index (χ0) is 17.8. The lowest BCUT2D eigenvalue weighted by Gasteiger charge is -2.29. The number of nitrogens with zero attached hydrogens (tertiary/aromatic N) is 2. The fourth-order valence-electron chi connectivity index (χ4n) is 2.00. The number of benzene rings is 1. The van der Waals surface area contributed by atoms with Crippen molar-refractivity contribution in [2.24, 2.45) is 0 Å². The second kappa shape index (κ2) is 7.40. The molecule has 23 heavy (non-hydrogen) atoms. The Labute approximate surface area is 134 Å². The van der Waals surface area contributed by atoms with Gasteiger partial charge in [0.25, 0.3) is 0 Å². The highest BCUT2D eigenvalue weighted by Crippen LogP contribution is 2.27. The summed E-state index contributed by atoms with van der Waals surface area (Å²) in [5, 5.41) is 28.6. The third-order valence-corrected chi connectivity index (χ3v) is 3.15. The number of amides is 1. The zero-order valence-corrected chi connectivity index (χ0v) is 13.6. The van der Waals surface area contributed by atoms with Crippen molar-refractivity contribution in [3.63, 3.8) is 0 Å². The number of ether oxygens (including phenoxy) is 1. The monoisotopic (exact) mass is 324 g/mol. The minimum Gasteiger partial charge on any atom is -0.442 e. The Morgan fingerprint density at radius 3 is 2.57 bits per heavy atom. The molecule has 2 N–H and O–H groups in total. The first kappa shape index (κ1) is 18.9. The van der Waals surface area contributed by atoms with E-state index in [2.05, 4.69) is 0 Å². The van der Waals surface area contributed by atoms with E-state index in [9.17, 15) is 14.4 Å². The van der Waals surface area contributed by atoms with Gasteiger partial charge in [-0.1, -0.05) is 0 Å². The number of carbonyl (C=O) groups excluding carboxylic acids is 1. The van der Waals surface area contributed by atoms with E-state index in [1.165, 1.54) is 13.0 Å². The highest BCUT2D eigenvalue weighted by Gasteiger charge is 2.29. The minimum absolute atomic E-state index is 0.0386. The summed E-state index contributed by atoms with van der Waals surface area (Å²) in [7, 11) is 0. The average molecular weight is 324 g/mol. The largest absolute Gasteiger partial charge is 0.442 e. The van der Waals surface area contributed by atoms with E-state index in [-0.39, 0.29) is 29.7 Å². The van der Waals surface area contributed by atoms with Gasteiger partial charge < -0.3 is 9.84 Å². The number of aliphatic hydroxyl groups is 1. The Balaban J connectivity index is 3.19. The summed E-state index contributed by atoms with van der Waals surface area (Å²) in [5.74, 6) is -0.625. The molecular weight excluding hydrogens is 303 g/mol. The summed E-state index contributed by atoms with van der Waals surface area (Å²) in [4.78, 5) is 12.0. The maximum atomic E-state index is 13.9. The van der Waals surface area contributed by atoms with Crippen LogP contribution in [-0.2, 0) is 4.74 Å². The number of rotatable bonds is 4. The first-order valence-corrected chi connectivity index (χ1v) is 7.12. The van der Waals surface area contributed by atoms with Crippen molar-refractivity contribution in [1.82, 2.24) is 5.06 Å². The first-order chi connectivity index (χ1) is 10.6. The molecule has 1 amide bonds. The molecule has 1 rings (SSSR count). The van der Waals surface area contributed by atoms with Gasteiger partial charge in [0.2, 0.25) is 0 Å². The molecule has 0 aliphatic rings. The molecule has 1 aromatic rings. The van der Waals surface area contributed by atoms with Crippen LogP contribution in [0.15, 0.2) is 12.1 Å². The molecule has 0 aliphatic heterocycles. The highest BCUT2D eigenvalue weighted by molar-refractivity contribution is 5.67. The van der Waals surface area contributed by atoms with Gasteiger partial charge in [-0.15, -0.1) is 0 Å². The predicted molar refractivity (Wildman–Crippen MR) is 80.2 cm³/mol. The Kier molecular flexibility index (Phi) is 6.07. The molecule has 0 fully saturated rings. The maximum Gasteiger partial charge on any atom is 0.434 e. The van der Waals surface area contributed by atoms with Crippen LogP contribution >= 0.6 is 0 Å². The number of nitriles is 1.